The molecule has 7 nitrogen and oxygen atoms in total. The summed E-state index contributed by atoms with van der Waals surface area (Å²) in [5.74, 6) is 0. The summed E-state index contributed by atoms with van der Waals surface area (Å²) >= 11 is 0. The van der Waals surface area contributed by atoms with E-state index in [0.29, 0.717) is 5.69 Å². The van der Waals surface area contributed by atoms with Crippen molar-refractivity contribution in [1.82, 2.24) is 0 Å². The van der Waals surface area contributed by atoms with Crippen LogP contribution in [0.3, 0.4) is 0 Å². The first-order valence-electron chi connectivity index (χ1n) is 7.24. The van der Waals surface area contributed by atoms with Gasteiger partial charge in [-0.25, -0.2) is 8.42 Å². The Balaban J connectivity index is 2.48. The van der Waals surface area contributed by atoms with E-state index in [1.807, 2.05) is 6.07 Å². The van der Waals surface area contributed by atoms with Gasteiger partial charge in [0.05, 0.1) is 34.5 Å². The molecule has 25 heavy (non-hydrogen) atoms. The predicted molar refractivity (Wildman–Crippen MR) is 93.6 cm³/mol. The van der Waals surface area contributed by atoms with Crippen molar-refractivity contribution in [2.24, 2.45) is 0 Å². The van der Waals surface area contributed by atoms with Crippen LogP contribution in [0.25, 0.3) is 0 Å². The molecule has 2 rings (SSSR count). The second-order valence-electron chi connectivity index (χ2n) is 5.08. The van der Waals surface area contributed by atoms with E-state index in [-0.39, 0.29) is 23.5 Å². The minimum atomic E-state index is -4.00. The molecule has 0 heterocycles. The van der Waals surface area contributed by atoms with Crippen molar-refractivity contribution in [2.45, 2.75) is 11.3 Å². The molecule has 0 aromatic heterocycles. The molecule has 8 heteroatoms. The van der Waals surface area contributed by atoms with Crippen LogP contribution in [0.5, 0.6) is 0 Å². The number of nitrogens with zero attached hydrogens (tertiary/aromatic N) is 3. The minimum absolute atomic E-state index is 0.00260. The number of nitro benzene ring substituents is 1. The first-order valence-corrected chi connectivity index (χ1v) is 8.68. The van der Waals surface area contributed by atoms with Crippen molar-refractivity contribution in [3.05, 3.63) is 76.9 Å². The fourth-order valence-corrected chi connectivity index (χ4v) is 3.69. The van der Waals surface area contributed by atoms with Gasteiger partial charge in [-0.1, -0.05) is 24.3 Å². The molecule has 0 bridgehead atoms. The van der Waals surface area contributed by atoms with Crippen LogP contribution >= 0.6 is 0 Å². The van der Waals surface area contributed by atoms with Gasteiger partial charge in [-0.3, -0.25) is 14.4 Å². The summed E-state index contributed by atoms with van der Waals surface area (Å²) in [6.07, 6.45) is 1.65. The number of hydrogen-bond donors (Lipinski definition) is 0. The fourth-order valence-electron chi connectivity index (χ4n) is 2.22. The lowest BCUT2D eigenvalue weighted by Crippen LogP contribution is -2.31. The quantitative estimate of drug-likeness (QED) is 0.430. The molecule has 0 aliphatic heterocycles. The Morgan fingerprint density at radius 1 is 1.24 bits per heavy atom. The van der Waals surface area contributed by atoms with E-state index in [1.165, 1.54) is 24.3 Å². The standard InChI is InChI=1S/C17H15N3O4S/c1-2-12-19(15-8-6-14(7-9-15)10-11-18)25(23,24)17-5-3-4-16(13-17)20(21)22/h2-9,13H,1,10,12H2. The van der Waals surface area contributed by atoms with Gasteiger partial charge < -0.3 is 0 Å². The molecule has 0 unspecified atom stereocenters. The molecule has 0 atom stereocenters. The van der Waals surface area contributed by atoms with E-state index >= 15 is 0 Å². The summed E-state index contributed by atoms with van der Waals surface area (Å²) in [5.41, 5.74) is 0.842. The van der Waals surface area contributed by atoms with Crippen LogP contribution in [0.15, 0.2) is 66.1 Å². The van der Waals surface area contributed by atoms with E-state index in [4.69, 9.17) is 5.26 Å². The summed E-state index contributed by atoms with van der Waals surface area (Å²) in [7, 11) is -4.00. The Bertz CT molecular complexity index is 931. The highest BCUT2D eigenvalue weighted by Crippen LogP contribution is 2.26. The first kappa shape index (κ1) is 18.2. The van der Waals surface area contributed by atoms with Crippen molar-refractivity contribution in [3.8, 4) is 6.07 Å². The van der Waals surface area contributed by atoms with Crippen LogP contribution in [0.4, 0.5) is 11.4 Å². The van der Waals surface area contributed by atoms with Crippen LogP contribution in [0, 0.1) is 21.4 Å². The molecule has 0 fully saturated rings. The Kier molecular flexibility index (Phi) is 5.52. The van der Waals surface area contributed by atoms with Gasteiger partial charge in [0.1, 0.15) is 0 Å². The van der Waals surface area contributed by atoms with Gasteiger partial charge in [0, 0.05) is 12.1 Å². The number of nitro groups is 1. The van der Waals surface area contributed by atoms with Gasteiger partial charge >= 0.3 is 0 Å². The third-order valence-corrected chi connectivity index (χ3v) is 5.21. The number of nitriles is 1. The Morgan fingerprint density at radius 3 is 2.48 bits per heavy atom. The number of non-ortho nitro benzene ring substituents is 1. The zero-order valence-electron chi connectivity index (χ0n) is 13.2. The Labute approximate surface area is 145 Å². The van der Waals surface area contributed by atoms with E-state index < -0.39 is 14.9 Å². The third kappa shape index (κ3) is 4.02. The summed E-state index contributed by atoms with van der Waals surface area (Å²) in [4.78, 5) is 10.1. The highest BCUT2D eigenvalue weighted by molar-refractivity contribution is 7.92. The lowest BCUT2D eigenvalue weighted by Gasteiger charge is -2.23. The van der Waals surface area contributed by atoms with Crippen molar-refractivity contribution in [2.75, 3.05) is 10.8 Å². The number of benzene rings is 2. The molecular formula is C17H15N3O4S. The first-order chi connectivity index (χ1) is 11.9. The molecule has 0 amide bonds. The summed E-state index contributed by atoms with van der Waals surface area (Å²) in [6, 6.07) is 13.4. The van der Waals surface area contributed by atoms with Crippen LogP contribution < -0.4 is 4.31 Å². The SMILES string of the molecule is C=CCN(c1ccc(CC#N)cc1)S(=O)(=O)c1cccc([N+](=O)[O-])c1. The lowest BCUT2D eigenvalue weighted by atomic mass is 10.1. The molecule has 0 N–H and O–H groups in total. The van der Waals surface area contributed by atoms with Crippen LogP contribution in [0.2, 0.25) is 0 Å². The summed E-state index contributed by atoms with van der Waals surface area (Å²) in [5, 5.41) is 19.6. The van der Waals surface area contributed by atoms with Gasteiger partial charge in [-0.2, -0.15) is 5.26 Å². The summed E-state index contributed by atoms with van der Waals surface area (Å²) in [6.45, 7) is 3.57. The molecule has 2 aromatic carbocycles. The van der Waals surface area contributed by atoms with Gasteiger partial charge in [0.25, 0.3) is 15.7 Å². The average Bonchev–Trinajstić information content (AvgIpc) is 2.61. The molecule has 0 aliphatic rings. The summed E-state index contributed by atoms with van der Waals surface area (Å²) < 4.78 is 26.9. The molecule has 0 radical (unpaired) electrons. The monoisotopic (exact) mass is 357 g/mol. The number of hydrogen-bond acceptors (Lipinski definition) is 5. The second-order valence-corrected chi connectivity index (χ2v) is 6.94. The van der Waals surface area contributed by atoms with Crippen molar-refractivity contribution >= 4 is 21.4 Å². The van der Waals surface area contributed by atoms with Crippen molar-refractivity contribution in [1.29, 1.82) is 5.26 Å². The molecule has 0 saturated heterocycles. The maximum atomic E-state index is 12.9. The van der Waals surface area contributed by atoms with Gasteiger partial charge in [-0.05, 0) is 23.8 Å². The highest BCUT2D eigenvalue weighted by Gasteiger charge is 2.25. The maximum Gasteiger partial charge on any atom is 0.270 e. The van der Waals surface area contributed by atoms with Gasteiger partial charge in [-0.15, -0.1) is 6.58 Å². The minimum Gasteiger partial charge on any atom is -0.263 e. The normalized spacial score (nSPS) is 10.7. The molecule has 2 aromatic rings. The van der Waals surface area contributed by atoms with E-state index in [0.717, 1.165) is 15.9 Å². The molecule has 0 saturated carbocycles. The highest BCUT2D eigenvalue weighted by atomic mass is 32.2. The van der Waals surface area contributed by atoms with Gasteiger partial charge in [0.15, 0.2) is 0 Å². The van der Waals surface area contributed by atoms with Crippen LogP contribution in [0.1, 0.15) is 5.56 Å². The lowest BCUT2D eigenvalue weighted by molar-refractivity contribution is -0.385. The van der Waals surface area contributed by atoms with Gasteiger partial charge in [0.2, 0.25) is 0 Å². The molecule has 0 spiro atoms. The third-order valence-electron chi connectivity index (χ3n) is 3.42. The molecule has 0 aliphatic carbocycles. The zero-order chi connectivity index (χ0) is 18.4. The van der Waals surface area contributed by atoms with Crippen LogP contribution in [-0.2, 0) is 16.4 Å². The molecule has 128 valence electrons. The predicted octanol–water partition coefficient (Wildman–Crippen LogP) is 3.04. The molecular weight excluding hydrogens is 342 g/mol. The average molecular weight is 357 g/mol. The van der Waals surface area contributed by atoms with E-state index in [1.54, 1.807) is 24.3 Å². The Morgan fingerprint density at radius 2 is 1.92 bits per heavy atom. The smallest absolute Gasteiger partial charge is 0.263 e. The van der Waals surface area contributed by atoms with E-state index in [2.05, 4.69) is 6.58 Å². The van der Waals surface area contributed by atoms with Crippen molar-refractivity contribution < 1.29 is 13.3 Å². The number of sulfonamides is 1. The fraction of sp³-hybridized carbons (Fsp3) is 0.118. The number of rotatable bonds is 7. The topological polar surface area (TPSA) is 104 Å². The Hall–Kier alpha value is -3.18. The number of anilines is 1. The van der Waals surface area contributed by atoms with Crippen molar-refractivity contribution in [3.63, 3.8) is 0 Å². The second kappa shape index (κ2) is 7.59. The van der Waals surface area contributed by atoms with Crippen LogP contribution in [-0.4, -0.2) is 19.9 Å². The largest absolute Gasteiger partial charge is 0.270 e. The van der Waals surface area contributed by atoms with E-state index in [9.17, 15) is 18.5 Å². The zero-order valence-corrected chi connectivity index (χ0v) is 14.0. The maximum absolute atomic E-state index is 12.9.